The van der Waals surface area contributed by atoms with Crippen molar-refractivity contribution in [3.8, 4) is 16.9 Å². The number of hydrogen-bond acceptors (Lipinski definition) is 5. The lowest BCUT2D eigenvalue weighted by Gasteiger charge is -2.19. The highest BCUT2D eigenvalue weighted by Crippen LogP contribution is 2.30. The average Bonchev–Trinajstić information content (AvgIpc) is 3.40. The first kappa shape index (κ1) is 18.2. The van der Waals surface area contributed by atoms with Crippen LogP contribution in [0.3, 0.4) is 0 Å². The molecule has 2 heterocycles. The first-order valence-electron chi connectivity index (χ1n) is 9.64. The molecule has 0 N–H and O–H groups in total. The summed E-state index contributed by atoms with van der Waals surface area (Å²) in [5, 5.41) is 3.89. The molecule has 0 spiro atoms. The molecule has 28 heavy (non-hydrogen) atoms. The van der Waals surface area contributed by atoms with Crippen molar-refractivity contribution in [3.05, 3.63) is 65.3 Å². The Bertz CT molecular complexity index is 979. The zero-order valence-electron chi connectivity index (χ0n) is 16.1. The second-order valence-corrected chi connectivity index (χ2v) is 6.78. The van der Waals surface area contributed by atoms with E-state index in [-0.39, 0.29) is 5.91 Å². The number of hydrogen-bond donors (Lipinski definition) is 0. The summed E-state index contributed by atoms with van der Waals surface area (Å²) in [5.74, 6) is 2.04. The molecule has 1 aliphatic rings. The molecule has 1 aliphatic heterocycles. The molecule has 0 atom stereocenters. The highest BCUT2D eigenvalue weighted by Gasteiger charge is 2.18. The highest BCUT2D eigenvalue weighted by atomic mass is 16.5. The SMILES string of the molecule is CCc1noc(CN(CC)C(=O)c2ccc(-c3ccc4c(c3)CCO4)cc2)n1. The summed E-state index contributed by atoms with van der Waals surface area (Å²) < 4.78 is 10.8. The summed E-state index contributed by atoms with van der Waals surface area (Å²) in [7, 11) is 0. The fraction of sp³-hybridized carbons (Fsp3) is 0.318. The summed E-state index contributed by atoms with van der Waals surface area (Å²) in [6.45, 7) is 5.53. The molecule has 4 rings (SSSR count). The summed E-state index contributed by atoms with van der Waals surface area (Å²) in [5.41, 5.74) is 4.10. The molecule has 0 aliphatic carbocycles. The van der Waals surface area contributed by atoms with Crippen LogP contribution in [0.4, 0.5) is 0 Å². The van der Waals surface area contributed by atoms with Gasteiger partial charge in [0, 0.05) is 24.9 Å². The zero-order valence-corrected chi connectivity index (χ0v) is 16.1. The van der Waals surface area contributed by atoms with Gasteiger partial charge in [-0.05, 0) is 47.9 Å². The van der Waals surface area contributed by atoms with E-state index < -0.39 is 0 Å². The van der Waals surface area contributed by atoms with Gasteiger partial charge in [0.25, 0.3) is 5.91 Å². The van der Waals surface area contributed by atoms with Crippen LogP contribution >= 0.6 is 0 Å². The topological polar surface area (TPSA) is 68.5 Å². The van der Waals surface area contributed by atoms with Crippen LogP contribution in [0.1, 0.15) is 41.5 Å². The first-order valence-corrected chi connectivity index (χ1v) is 9.64. The zero-order chi connectivity index (χ0) is 19.5. The Morgan fingerprint density at radius 3 is 2.61 bits per heavy atom. The van der Waals surface area contributed by atoms with Crippen LogP contribution in [0.25, 0.3) is 11.1 Å². The molecular formula is C22H23N3O3. The van der Waals surface area contributed by atoms with E-state index in [1.807, 2.05) is 44.2 Å². The van der Waals surface area contributed by atoms with Gasteiger partial charge in [-0.2, -0.15) is 4.98 Å². The van der Waals surface area contributed by atoms with E-state index in [1.54, 1.807) is 4.90 Å². The number of aromatic nitrogens is 2. The molecule has 2 aromatic carbocycles. The van der Waals surface area contributed by atoms with Crippen LogP contribution in [-0.2, 0) is 19.4 Å². The van der Waals surface area contributed by atoms with Crippen molar-refractivity contribution in [1.82, 2.24) is 15.0 Å². The lowest BCUT2D eigenvalue weighted by Crippen LogP contribution is -2.30. The molecule has 144 valence electrons. The molecule has 0 saturated carbocycles. The number of nitrogens with zero attached hydrogens (tertiary/aromatic N) is 3. The number of amides is 1. The third-order valence-electron chi connectivity index (χ3n) is 4.98. The predicted octanol–water partition coefficient (Wildman–Crippen LogP) is 3.90. The van der Waals surface area contributed by atoms with Crippen molar-refractivity contribution in [2.75, 3.05) is 13.2 Å². The van der Waals surface area contributed by atoms with Crippen molar-refractivity contribution in [1.29, 1.82) is 0 Å². The quantitative estimate of drug-likeness (QED) is 0.652. The van der Waals surface area contributed by atoms with Gasteiger partial charge in [0.1, 0.15) is 12.3 Å². The van der Waals surface area contributed by atoms with Gasteiger partial charge >= 0.3 is 0 Å². The van der Waals surface area contributed by atoms with E-state index in [0.717, 1.165) is 29.9 Å². The molecule has 0 unspecified atom stereocenters. The Morgan fingerprint density at radius 2 is 1.89 bits per heavy atom. The van der Waals surface area contributed by atoms with Crippen molar-refractivity contribution >= 4 is 5.91 Å². The largest absolute Gasteiger partial charge is 0.493 e. The van der Waals surface area contributed by atoms with Gasteiger partial charge in [-0.15, -0.1) is 0 Å². The van der Waals surface area contributed by atoms with Crippen LogP contribution in [0.15, 0.2) is 47.0 Å². The van der Waals surface area contributed by atoms with Crippen LogP contribution in [0.2, 0.25) is 0 Å². The van der Waals surface area contributed by atoms with Gasteiger partial charge < -0.3 is 14.2 Å². The monoisotopic (exact) mass is 377 g/mol. The maximum Gasteiger partial charge on any atom is 0.254 e. The van der Waals surface area contributed by atoms with Crippen LogP contribution in [0, 0.1) is 0 Å². The van der Waals surface area contributed by atoms with Crippen molar-refractivity contribution in [2.45, 2.75) is 33.2 Å². The third kappa shape index (κ3) is 3.63. The summed E-state index contributed by atoms with van der Waals surface area (Å²) in [6, 6.07) is 14.0. The Morgan fingerprint density at radius 1 is 1.11 bits per heavy atom. The van der Waals surface area contributed by atoms with Crippen LogP contribution in [0.5, 0.6) is 5.75 Å². The number of carbonyl (C=O) groups excluding carboxylic acids is 1. The molecule has 3 aromatic rings. The van der Waals surface area contributed by atoms with E-state index in [9.17, 15) is 4.79 Å². The minimum Gasteiger partial charge on any atom is -0.493 e. The Labute approximate surface area is 164 Å². The first-order chi connectivity index (χ1) is 13.7. The van der Waals surface area contributed by atoms with Crippen LogP contribution < -0.4 is 4.74 Å². The van der Waals surface area contributed by atoms with Gasteiger partial charge in [-0.3, -0.25) is 4.79 Å². The molecule has 1 amide bonds. The second-order valence-electron chi connectivity index (χ2n) is 6.78. The number of rotatable bonds is 6. The molecular weight excluding hydrogens is 354 g/mol. The molecule has 6 nitrogen and oxygen atoms in total. The van der Waals surface area contributed by atoms with E-state index in [4.69, 9.17) is 9.26 Å². The lowest BCUT2D eigenvalue weighted by atomic mass is 10.0. The minimum absolute atomic E-state index is 0.0485. The van der Waals surface area contributed by atoms with Gasteiger partial charge in [0.15, 0.2) is 5.82 Å². The number of ether oxygens (including phenoxy) is 1. The number of carbonyl (C=O) groups is 1. The maximum atomic E-state index is 12.9. The smallest absolute Gasteiger partial charge is 0.254 e. The number of aryl methyl sites for hydroxylation is 1. The number of fused-ring (bicyclic) bond motifs is 1. The van der Waals surface area contributed by atoms with Crippen molar-refractivity contribution < 1.29 is 14.1 Å². The Hall–Kier alpha value is -3.15. The Kier molecular flexibility index (Phi) is 5.10. The minimum atomic E-state index is -0.0485. The number of benzene rings is 2. The van der Waals surface area contributed by atoms with Crippen molar-refractivity contribution in [3.63, 3.8) is 0 Å². The van der Waals surface area contributed by atoms with E-state index in [2.05, 4.69) is 22.3 Å². The molecule has 0 radical (unpaired) electrons. The van der Waals surface area contributed by atoms with Crippen molar-refractivity contribution in [2.24, 2.45) is 0 Å². The standard InChI is InChI=1S/C22H23N3O3/c1-3-20-23-21(28-24-20)14-25(4-2)22(26)16-7-5-15(6-8-16)17-9-10-19-18(13-17)11-12-27-19/h5-10,13H,3-4,11-12,14H2,1-2H3. The second kappa shape index (κ2) is 7.84. The molecule has 0 fully saturated rings. The summed E-state index contributed by atoms with van der Waals surface area (Å²) >= 11 is 0. The summed E-state index contributed by atoms with van der Waals surface area (Å²) in [6.07, 6.45) is 1.65. The maximum absolute atomic E-state index is 12.9. The molecule has 0 bridgehead atoms. The molecule has 0 saturated heterocycles. The fourth-order valence-corrected chi connectivity index (χ4v) is 3.34. The van der Waals surface area contributed by atoms with Gasteiger partial charge in [-0.1, -0.05) is 30.3 Å². The molecule has 6 heteroatoms. The Balaban J connectivity index is 1.49. The summed E-state index contributed by atoms with van der Waals surface area (Å²) in [4.78, 5) is 18.9. The van der Waals surface area contributed by atoms with E-state index >= 15 is 0 Å². The molecule has 1 aromatic heterocycles. The fourth-order valence-electron chi connectivity index (χ4n) is 3.34. The average molecular weight is 377 g/mol. The lowest BCUT2D eigenvalue weighted by molar-refractivity contribution is 0.0734. The third-order valence-corrected chi connectivity index (χ3v) is 4.98. The highest BCUT2D eigenvalue weighted by molar-refractivity contribution is 5.94. The normalized spacial score (nSPS) is 12.5. The van der Waals surface area contributed by atoms with Gasteiger partial charge in [0.2, 0.25) is 5.89 Å². The van der Waals surface area contributed by atoms with Gasteiger partial charge in [-0.25, -0.2) is 0 Å². The van der Waals surface area contributed by atoms with Gasteiger partial charge in [0.05, 0.1) is 6.61 Å². The predicted molar refractivity (Wildman–Crippen MR) is 105 cm³/mol. The van der Waals surface area contributed by atoms with E-state index in [0.29, 0.717) is 36.8 Å². The van der Waals surface area contributed by atoms with E-state index in [1.165, 1.54) is 5.56 Å². The van der Waals surface area contributed by atoms with Crippen LogP contribution in [-0.4, -0.2) is 34.1 Å².